The highest BCUT2D eigenvalue weighted by atomic mass is 32.2. The van der Waals surface area contributed by atoms with Crippen LogP contribution in [0.15, 0.2) is 15.0 Å². The summed E-state index contributed by atoms with van der Waals surface area (Å²) in [6.07, 6.45) is 7.33. The highest BCUT2D eigenvalue weighted by Crippen LogP contribution is 2.26. The van der Waals surface area contributed by atoms with E-state index in [2.05, 4.69) is 30.5 Å². The van der Waals surface area contributed by atoms with Crippen molar-refractivity contribution in [3.05, 3.63) is 17.5 Å². The van der Waals surface area contributed by atoms with E-state index in [0.717, 1.165) is 49.2 Å². The summed E-state index contributed by atoms with van der Waals surface area (Å²) in [6, 6.07) is 0. The van der Waals surface area contributed by atoms with E-state index in [1.807, 2.05) is 20.3 Å². The van der Waals surface area contributed by atoms with Crippen molar-refractivity contribution < 1.29 is 8.95 Å². The Morgan fingerprint density at radius 1 is 1.35 bits per heavy atom. The van der Waals surface area contributed by atoms with Crippen LogP contribution in [0.1, 0.15) is 30.5 Å². The van der Waals surface area contributed by atoms with E-state index in [4.69, 9.17) is 4.74 Å². The summed E-state index contributed by atoms with van der Waals surface area (Å²) in [4.78, 5) is 5.20. The van der Waals surface area contributed by atoms with E-state index < -0.39 is 11.2 Å². The predicted molar refractivity (Wildman–Crippen MR) is 94.4 cm³/mol. The molecule has 1 aliphatic rings. The molecule has 2 rings (SSSR count). The first-order chi connectivity index (χ1) is 11.1. The topological polar surface area (TPSA) is 70.0 Å². The Labute approximate surface area is 139 Å². The molecule has 0 saturated heterocycles. The normalized spacial score (nSPS) is 16.3. The molecule has 1 atom stereocenters. The Kier molecular flexibility index (Phi) is 6.56. The summed E-state index contributed by atoms with van der Waals surface area (Å²) >= 11 is -1.50. The van der Waals surface area contributed by atoms with Crippen molar-refractivity contribution in [2.45, 2.75) is 25.7 Å². The fraction of sp³-hybridized carbons (Fsp3) is 0.500. The molecule has 0 aliphatic carbocycles. The van der Waals surface area contributed by atoms with E-state index in [9.17, 15) is 4.21 Å². The number of methoxy groups -OCH3 is 1. The number of nitrogens with zero attached hydrogens (tertiary/aromatic N) is 3. The van der Waals surface area contributed by atoms with Gasteiger partial charge in [0.05, 0.1) is 19.9 Å². The summed E-state index contributed by atoms with van der Waals surface area (Å²) in [6.45, 7) is 0.806. The number of aromatic nitrogens is 1. The lowest BCUT2D eigenvalue weighted by Gasteiger charge is -2.04. The second-order valence-corrected chi connectivity index (χ2v) is 6.32. The van der Waals surface area contributed by atoms with Gasteiger partial charge in [-0.25, -0.2) is 4.21 Å². The van der Waals surface area contributed by atoms with Crippen molar-refractivity contribution in [3.63, 3.8) is 0 Å². The van der Waals surface area contributed by atoms with Crippen LogP contribution < -0.4 is 4.74 Å². The average molecular weight is 334 g/mol. The molecule has 0 amide bonds. The minimum absolute atomic E-state index is 0.570. The molecule has 0 spiro atoms. The van der Waals surface area contributed by atoms with E-state index in [1.165, 1.54) is 6.21 Å². The minimum atomic E-state index is -1.50. The number of H-pyrrole nitrogens is 1. The molecule has 1 aromatic heterocycles. The first kappa shape index (κ1) is 17.4. The van der Waals surface area contributed by atoms with Crippen molar-refractivity contribution >= 4 is 23.1 Å². The largest absolute Gasteiger partial charge is 0.494 e. The molecule has 1 unspecified atom stereocenters. The van der Waals surface area contributed by atoms with Crippen LogP contribution in [0.4, 0.5) is 0 Å². The van der Waals surface area contributed by atoms with Crippen molar-refractivity contribution in [1.82, 2.24) is 9.88 Å². The van der Waals surface area contributed by atoms with Crippen LogP contribution in [0.25, 0.3) is 0 Å². The maximum atomic E-state index is 11.2. The first-order valence-corrected chi connectivity index (χ1v) is 8.58. The Hall–Kier alpha value is -1.91. The number of aromatic amines is 1. The van der Waals surface area contributed by atoms with Gasteiger partial charge < -0.3 is 9.72 Å². The molecular weight excluding hydrogens is 312 g/mol. The fourth-order valence-corrected chi connectivity index (χ4v) is 2.77. The van der Waals surface area contributed by atoms with Gasteiger partial charge in [0.1, 0.15) is 17.2 Å². The van der Waals surface area contributed by atoms with E-state index in [0.29, 0.717) is 5.71 Å². The Balaban J connectivity index is 1.87. The maximum absolute atomic E-state index is 11.2. The van der Waals surface area contributed by atoms with Gasteiger partial charge in [-0.1, -0.05) is 5.92 Å². The monoisotopic (exact) mass is 334 g/mol. The van der Waals surface area contributed by atoms with Crippen molar-refractivity contribution in [2.24, 2.45) is 8.80 Å². The third-order valence-corrected chi connectivity index (χ3v) is 3.97. The molecule has 7 heteroatoms. The Morgan fingerprint density at radius 3 is 2.83 bits per heavy atom. The van der Waals surface area contributed by atoms with Crippen LogP contribution >= 0.6 is 0 Å². The van der Waals surface area contributed by atoms with Crippen LogP contribution in [0.5, 0.6) is 5.75 Å². The molecule has 1 aliphatic heterocycles. The smallest absolute Gasteiger partial charge is 0.266 e. The van der Waals surface area contributed by atoms with Gasteiger partial charge in [0, 0.05) is 18.2 Å². The molecule has 0 fully saturated rings. The molecule has 1 N–H and O–H groups in total. The quantitative estimate of drug-likeness (QED) is 0.610. The lowest BCUT2D eigenvalue weighted by molar-refractivity contribution is 0.409. The summed E-state index contributed by atoms with van der Waals surface area (Å²) in [5.41, 5.74) is 2.40. The van der Waals surface area contributed by atoms with Gasteiger partial charge in [0.15, 0.2) is 0 Å². The molecular formula is C16H22N4O2S. The lowest BCUT2D eigenvalue weighted by Crippen LogP contribution is -2.10. The Morgan fingerprint density at radius 2 is 2.17 bits per heavy atom. The van der Waals surface area contributed by atoms with Crippen LogP contribution in [0.3, 0.4) is 0 Å². The van der Waals surface area contributed by atoms with Crippen molar-refractivity contribution in [2.75, 3.05) is 27.7 Å². The zero-order valence-corrected chi connectivity index (χ0v) is 14.6. The second-order valence-electron chi connectivity index (χ2n) is 5.46. The van der Waals surface area contributed by atoms with Gasteiger partial charge in [0.2, 0.25) is 0 Å². The highest BCUT2D eigenvalue weighted by molar-refractivity contribution is 7.83. The number of ether oxygens (including phenoxy) is 1. The molecule has 0 radical (unpaired) electrons. The molecule has 0 aromatic carbocycles. The molecule has 124 valence electrons. The Bertz CT molecular complexity index is 680. The second kappa shape index (κ2) is 8.65. The van der Waals surface area contributed by atoms with E-state index >= 15 is 0 Å². The first-order valence-electron chi connectivity index (χ1n) is 7.51. The molecule has 2 heterocycles. The summed E-state index contributed by atoms with van der Waals surface area (Å²) in [5.74, 6) is 7.08. The van der Waals surface area contributed by atoms with E-state index in [1.54, 1.807) is 7.11 Å². The zero-order valence-electron chi connectivity index (χ0n) is 13.8. The summed E-state index contributed by atoms with van der Waals surface area (Å²) in [7, 11) is 5.66. The van der Waals surface area contributed by atoms with Gasteiger partial charge in [0.25, 0.3) is 11.2 Å². The fourth-order valence-electron chi connectivity index (χ4n) is 2.23. The number of rotatable bonds is 7. The van der Waals surface area contributed by atoms with Crippen LogP contribution in [-0.4, -0.2) is 53.8 Å². The number of nitrogens with one attached hydrogen (secondary N) is 1. The SMILES string of the molecule is COc1c(CCCCC#CCN(C)C)c[nH]c1C1=NS(=O)N=C1. The molecule has 1 aromatic rings. The number of unbranched alkanes of at least 4 members (excludes halogenated alkanes) is 2. The van der Waals surface area contributed by atoms with Gasteiger partial charge in [-0.15, -0.1) is 5.92 Å². The zero-order chi connectivity index (χ0) is 16.7. The molecule has 0 bridgehead atoms. The summed E-state index contributed by atoms with van der Waals surface area (Å²) in [5, 5.41) is 0. The maximum Gasteiger partial charge on any atom is 0.266 e. The highest BCUT2D eigenvalue weighted by Gasteiger charge is 2.19. The molecule has 6 nitrogen and oxygen atoms in total. The van der Waals surface area contributed by atoms with Crippen molar-refractivity contribution in [1.29, 1.82) is 0 Å². The molecule has 0 saturated carbocycles. The van der Waals surface area contributed by atoms with Gasteiger partial charge >= 0.3 is 0 Å². The third-order valence-electron chi connectivity index (χ3n) is 3.33. The van der Waals surface area contributed by atoms with Crippen LogP contribution in [0, 0.1) is 11.8 Å². The summed E-state index contributed by atoms with van der Waals surface area (Å²) < 4.78 is 24.4. The van der Waals surface area contributed by atoms with Gasteiger partial charge in [-0.2, -0.15) is 8.80 Å². The third kappa shape index (κ3) is 5.05. The molecule has 23 heavy (non-hydrogen) atoms. The minimum Gasteiger partial charge on any atom is -0.494 e. The number of hydrogen-bond donors (Lipinski definition) is 1. The number of aryl methyl sites for hydroxylation is 1. The number of hydrogen-bond acceptors (Lipinski definition) is 3. The van der Waals surface area contributed by atoms with Crippen LogP contribution in [-0.2, 0) is 17.6 Å². The standard InChI is InChI=1S/C16H22N4O2S/c1-20(2)10-8-6-4-5-7-9-13-11-17-15(16(13)22-3)14-12-18-23(21)19-14/h11-12,17H,4-5,7,9-10H2,1-3H3. The van der Waals surface area contributed by atoms with E-state index in [-0.39, 0.29) is 0 Å². The van der Waals surface area contributed by atoms with Gasteiger partial charge in [-0.3, -0.25) is 4.90 Å². The average Bonchev–Trinajstić information content (AvgIpc) is 3.11. The van der Waals surface area contributed by atoms with Crippen LogP contribution in [0.2, 0.25) is 0 Å². The predicted octanol–water partition coefficient (Wildman–Crippen LogP) is 1.75. The van der Waals surface area contributed by atoms with Crippen molar-refractivity contribution in [3.8, 4) is 17.6 Å². The van der Waals surface area contributed by atoms with Gasteiger partial charge in [-0.05, 0) is 33.4 Å². The lowest BCUT2D eigenvalue weighted by atomic mass is 10.1.